The molecule has 0 unspecified atom stereocenters. The van der Waals surface area contributed by atoms with Crippen molar-refractivity contribution in [1.29, 1.82) is 0 Å². The summed E-state index contributed by atoms with van der Waals surface area (Å²) in [6, 6.07) is 4.38. The Morgan fingerprint density at radius 1 is 1.29 bits per heavy atom. The number of halogens is 2. The van der Waals surface area contributed by atoms with Crippen LogP contribution in [0.4, 0.5) is 14.5 Å². The van der Waals surface area contributed by atoms with Crippen molar-refractivity contribution in [3.8, 4) is 11.5 Å². The molecule has 1 aliphatic rings. The first-order valence-corrected chi connectivity index (χ1v) is 8.31. The fourth-order valence-corrected chi connectivity index (χ4v) is 3.69. The average molecular weight is 321 g/mol. The molecule has 5 nitrogen and oxygen atoms in total. The molecule has 2 rings (SSSR count). The maximum Gasteiger partial charge on any atom is 0.387 e. The molecule has 0 saturated carbocycles. The molecule has 1 saturated heterocycles. The molecule has 1 aliphatic heterocycles. The number of hydrogen-bond acceptors (Lipinski definition) is 5. The molecule has 0 aliphatic carbocycles. The zero-order valence-corrected chi connectivity index (χ0v) is 12.3. The van der Waals surface area contributed by atoms with Gasteiger partial charge in [0.05, 0.1) is 24.3 Å². The van der Waals surface area contributed by atoms with Gasteiger partial charge in [0.25, 0.3) is 0 Å². The topological polar surface area (TPSA) is 64.6 Å². The van der Waals surface area contributed by atoms with Crippen LogP contribution in [0.5, 0.6) is 11.5 Å². The summed E-state index contributed by atoms with van der Waals surface area (Å²) in [6.45, 7) is -2.93. The number of ether oxygens (including phenoxy) is 2. The maximum atomic E-state index is 12.4. The van der Waals surface area contributed by atoms with E-state index in [-0.39, 0.29) is 23.3 Å². The summed E-state index contributed by atoms with van der Waals surface area (Å²) in [5, 5.41) is 3.06. The minimum absolute atomic E-state index is 0.0132. The monoisotopic (exact) mass is 321 g/mol. The van der Waals surface area contributed by atoms with Crippen LogP contribution >= 0.6 is 0 Å². The van der Waals surface area contributed by atoms with Crippen molar-refractivity contribution in [2.75, 3.05) is 23.9 Å². The highest BCUT2D eigenvalue weighted by molar-refractivity contribution is 7.91. The van der Waals surface area contributed by atoms with E-state index in [4.69, 9.17) is 4.74 Å². The third kappa shape index (κ3) is 4.45. The van der Waals surface area contributed by atoms with E-state index in [0.717, 1.165) is 0 Å². The smallest absolute Gasteiger partial charge is 0.387 e. The summed E-state index contributed by atoms with van der Waals surface area (Å²) in [5.74, 6) is 0.709. The zero-order valence-electron chi connectivity index (χ0n) is 11.5. The molecule has 1 aromatic rings. The lowest BCUT2D eigenvalue weighted by Crippen LogP contribution is -2.32. The van der Waals surface area contributed by atoms with Gasteiger partial charge < -0.3 is 14.8 Å². The highest BCUT2D eigenvalue weighted by atomic mass is 32.2. The highest BCUT2D eigenvalue weighted by Gasteiger charge is 2.24. The predicted molar refractivity (Wildman–Crippen MR) is 74.9 cm³/mol. The molecular formula is C13H17F2NO4S. The number of methoxy groups -OCH3 is 1. The normalized spacial score (nSPS) is 18.5. The lowest BCUT2D eigenvalue weighted by atomic mass is 10.1. The Kier molecular flexibility index (Phi) is 4.87. The van der Waals surface area contributed by atoms with Crippen molar-refractivity contribution in [3.63, 3.8) is 0 Å². The molecule has 0 spiro atoms. The Bertz CT molecular complexity index is 578. The number of sulfone groups is 1. The van der Waals surface area contributed by atoms with Gasteiger partial charge in [-0.2, -0.15) is 8.78 Å². The summed E-state index contributed by atoms with van der Waals surface area (Å²) in [5.41, 5.74) is 0.374. The number of nitrogens with one attached hydrogen (secondary N) is 1. The van der Waals surface area contributed by atoms with Crippen molar-refractivity contribution < 1.29 is 26.7 Å². The third-order valence-electron chi connectivity index (χ3n) is 3.32. The van der Waals surface area contributed by atoms with Crippen LogP contribution < -0.4 is 14.8 Å². The minimum atomic E-state index is -2.97. The largest absolute Gasteiger partial charge is 0.497 e. The second-order valence-corrected chi connectivity index (χ2v) is 7.11. The van der Waals surface area contributed by atoms with Crippen molar-refractivity contribution in [1.82, 2.24) is 0 Å². The van der Waals surface area contributed by atoms with Crippen LogP contribution in [-0.2, 0) is 9.84 Å². The van der Waals surface area contributed by atoms with Gasteiger partial charge in [0.15, 0.2) is 0 Å². The van der Waals surface area contributed by atoms with Gasteiger partial charge in [0.2, 0.25) is 0 Å². The first kappa shape index (κ1) is 15.8. The molecule has 1 N–H and O–H groups in total. The predicted octanol–water partition coefficient (Wildman–Crippen LogP) is 2.29. The number of anilines is 1. The fraction of sp³-hybridized carbons (Fsp3) is 0.538. The van der Waals surface area contributed by atoms with Crippen LogP contribution in [0.15, 0.2) is 18.2 Å². The van der Waals surface area contributed by atoms with Crippen LogP contribution in [-0.4, -0.2) is 39.7 Å². The van der Waals surface area contributed by atoms with E-state index in [1.54, 1.807) is 6.07 Å². The summed E-state index contributed by atoms with van der Waals surface area (Å²) < 4.78 is 57.1. The Morgan fingerprint density at radius 2 is 1.95 bits per heavy atom. The quantitative estimate of drug-likeness (QED) is 0.901. The van der Waals surface area contributed by atoms with Crippen LogP contribution in [0.1, 0.15) is 12.8 Å². The minimum Gasteiger partial charge on any atom is -0.497 e. The molecule has 0 amide bonds. The Hall–Kier alpha value is -1.57. The van der Waals surface area contributed by atoms with Crippen LogP contribution in [0.25, 0.3) is 0 Å². The van der Waals surface area contributed by atoms with E-state index in [2.05, 4.69) is 10.1 Å². The van der Waals surface area contributed by atoms with E-state index in [1.165, 1.54) is 19.2 Å². The van der Waals surface area contributed by atoms with Gasteiger partial charge >= 0.3 is 6.61 Å². The molecule has 1 aromatic carbocycles. The summed E-state index contributed by atoms with van der Waals surface area (Å²) in [7, 11) is -1.49. The molecule has 1 heterocycles. The summed E-state index contributed by atoms with van der Waals surface area (Å²) in [4.78, 5) is 0. The molecular weight excluding hydrogens is 304 g/mol. The summed E-state index contributed by atoms with van der Waals surface area (Å²) in [6.07, 6.45) is 0.876. The van der Waals surface area contributed by atoms with Gasteiger partial charge in [-0.1, -0.05) is 0 Å². The average Bonchev–Trinajstić information content (AvgIpc) is 2.42. The zero-order chi connectivity index (χ0) is 15.5. The van der Waals surface area contributed by atoms with Gasteiger partial charge in [-0.3, -0.25) is 0 Å². The van der Waals surface area contributed by atoms with Gasteiger partial charge in [-0.15, -0.1) is 0 Å². The van der Waals surface area contributed by atoms with Crippen molar-refractivity contribution in [3.05, 3.63) is 18.2 Å². The number of alkyl halides is 2. The van der Waals surface area contributed by atoms with E-state index in [9.17, 15) is 17.2 Å². The fourth-order valence-electron chi connectivity index (χ4n) is 2.20. The lowest BCUT2D eigenvalue weighted by Gasteiger charge is -2.25. The second kappa shape index (κ2) is 6.46. The van der Waals surface area contributed by atoms with Gasteiger partial charge in [0.1, 0.15) is 21.3 Å². The standard InChI is InChI=1S/C13H17F2NO4S/c1-19-10-2-3-12(20-13(14)15)11(8-10)16-9-4-6-21(17,18)7-5-9/h2-3,8-9,13,16H,4-7H2,1H3. The first-order valence-electron chi connectivity index (χ1n) is 6.49. The molecule has 118 valence electrons. The number of benzene rings is 1. The van der Waals surface area contributed by atoms with Crippen LogP contribution in [0, 0.1) is 0 Å². The van der Waals surface area contributed by atoms with Crippen molar-refractivity contribution >= 4 is 15.5 Å². The Labute approximate surface area is 122 Å². The van der Waals surface area contributed by atoms with Crippen LogP contribution in [0.3, 0.4) is 0 Å². The maximum absolute atomic E-state index is 12.4. The molecule has 0 atom stereocenters. The van der Waals surface area contributed by atoms with Crippen LogP contribution in [0.2, 0.25) is 0 Å². The Morgan fingerprint density at radius 3 is 2.52 bits per heavy atom. The van der Waals surface area contributed by atoms with Gasteiger partial charge in [0, 0.05) is 12.1 Å². The van der Waals surface area contributed by atoms with E-state index in [1.807, 2.05) is 0 Å². The van der Waals surface area contributed by atoms with Crippen molar-refractivity contribution in [2.45, 2.75) is 25.5 Å². The van der Waals surface area contributed by atoms with E-state index in [0.29, 0.717) is 24.3 Å². The molecule has 21 heavy (non-hydrogen) atoms. The lowest BCUT2D eigenvalue weighted by molar-refractivity contribution is -0.0494. The van der Waals surface area contributed by atoms with Gasteiger partial charge in [-0.25, -0.2) is 8.42 Å². The molecule has 0 radical (unpaired) electrons. The molecule has 0 bridgehead atoms. The number of rotatable bonds is 5. The third-order valence-corrected chi connectivity index (χ3v) is 5.03. The molecule has 8 heteroatoms. The van der Waals surface area contributed by atoms with E-state index < -0.39 is 16.4 Å². The Balaban J connectivity index is 2.13. The summed E-state index contributed by atoms with van der Waals surface area (Å²) >= 11 is 0. The highest BCUT2D eigenvalue weighted by Crippen LogP contribution is 2.32. The van der Waals surface area contributed by atoms with Gasteiger partial charge in [-0.05, 0) is 25.0 Å². The van der Waals surface area contributed by atoms with E-state index >= 15 is 0 Å². The molecule has 0 aromatic heterocycles. The molecule has 1 fully saturated rings. The second-order valence-electron chi connectivity index (χ2n) is 4.81. The van der Waals surface area contributed by atoms with Crippen molar-refractivity contribution in [2.24, 2.45) is 0 Å². The number of hydrogen-bond donors (Lipinski definition) is 1. The first-order chi connectivity index (χ1) is 9.89. The SMILES string of the molecule is COc1ccc(OC(F)F)c(NC2CCS(=O)(=O)CC2)c1.